The van der Waals surface area contributed by atoms with Gasteiger partial charge in [-0.1, -0.05) is 39.2 Å². The highest BCUT2D eigenvalue weighted by molar-refractivity contribution is 5.19. The second kappa shape index (κ2) is 8.09. The Labute approximate surface area is 111 Å². The van der Waals surface area contributed by atoms with Crippen molar-refractivity contribution in [1.82, 2.24) is 4.98 Å². The lowest BCUT2D eigenvalue weighted by atomic mass is 10.0. The van der Waals surface area contributed by atoms with E-state index in [0.717, 1.165) is 18.6 Å². The van der Waals surface area contributed by atoms with Crippen LogP contribution in [-0.2, 0) is 0 Å². The quantitative estimate of drug-likeness (QED) is 0.765. The number of nitrogens with two attached hydrogens (primary N) is 1. The van der Waals surface area contributed by atoms with Gasteiger partial charge in [0.2, 0.25) is 5.88 Å². The van der Waals surface area contributed by atoms with Gasteiger partial charge in [-0.2, -0.15) is 0 Å². The molecule has 0 aliphatic carbocycles. The average Bonchev–Trinajstić information content (AvgIpc) is 2.39. The van der Waals surface area contributed by atoms with Crippen molar-refractivity contribution in [2.45, 2.75) is 52.5 Å². The van der Waals surface area contributed by atoms with E-state index < -0.39 is 0 Å². The summed E-state index contributed by atoms with van der Waals surface area (Å²) in [4.78, 5) is 4.28. The summed E-state index contributed by atoms with van der Waals surface area (Å²) in [6, 6.07) is 3.92. The van der Waals surface area contributed by atoms with Gasteiger partial charge in [-0.25, -0.2) is 4.98 Å². The summed E-state index contributed by atoms with van der Waals surface area (Å²) in [5, 5.41) is 0. The molecule has 0 radical (unpaired) electrons. The normalized spacial score (nSPS) is 14.2. The molecule has 0 saturated heterocycles. The van der Waals surface area contributed by atoms with Gasteiger partial charge in [-0.05, 0) is 24.8 Å². The molecule has 2 N–H and O–H groups in total. The molecular formula is C15H26N2O. The summed E-state index contributed by atoms with van der Waals surface area (Å²) in [7, 11) is 0. The predicted molar refractivity (Wildman–Crippen MR) is 75.6 cm³/mol. The summed E-state index contributed by atoms with van der Waals surface area (Å²) in [5.74, 6) is 1.34. The molecule has 0 aromatic carbocycles. The van der Waals surface area contributed by atoms with E-state index in [4.69, 9.17) is 10.5 Å². The smallest absolute Gasteiger partial charge is 0.213 e. The fourth-order valence-electron chi connectivity index (χ4n) is 1.85. The highest BCUT2D eigenvalue weighted by atomic mass is 16.5. The zero-order chi connectivity index (χ0) is 13.4. The Balaban J connectivity index is 2.42. The molecule has 3 nitrogen and oxygen atoms in total. The van der Waals surface area contributed by atoms with Crippen LogP contribution >= 0.6 is 0 Å². The SMILES string of the molecule is CCCCC(CC)COc1ccc([C@@H](C)N)cn1. The molecule has 0 aliphatic heterocycles. The van der Waals surface area contributed by atoms with Crippen LogP contribution in [0.3, 0.4) is 0 Å². The van der Waals surface area contributed by atoms with Crippen molar-refractivity contribution in [3.8, 4) is 5.88 Å². The summed E-state index contributed by atoms with van der Waals surface area (Å²) >= 11 is 0. The molecule has 0 aliphatic rings. The first-order valence-corrected chi connectivity index (χ1v) is 7.01. The molecule has 2 atom stereocenters. The minimum atomic E-state index is 0.0273. The van der Waals surface area contributed by atoms with Crippen molar-refractivity contribution in [2.75, 3.05) is 6.61 Å². The Morgan fingerprint density at radius 2 is 2.11 bits per heavy atom. The lowest BCUT2D eigenvalue weighted by Gasteiger charge is -2.15. The Hall–Kier alpha value is -1.09. The fourth-order valence-corrected chi connectivity index (χ4v) is 1.85. The Kier molecular flexibility index (Phi) is 6.73. The zero-order valence-corrected chi connectivity index (χ0v) is 11.9. The van der Waals surface area contributed by atoms with Gasteiger partial charge in [0.05, 0.1) is 6.61 Å². The lowest BCUT2D eigenvalue weighted by molar-refractivity contribution is 0.226. The van der Waals surface area contributed by atoms with Crippen LogP contribution in [0.5, 0.6) is 5.88 Å². The van der Waals surface area contributed by atoms with Gasteiger partial charge in [-0.3, -0.25) is 0 Å². The van der Waals surface area contributed by atoms with Crippen molar-refractivity contribution in [1.29, 1.82) is 0 Å². The minimum Gasteiger partial charge on any atom is -0.477 e. The van der Waals surface area contributed by atoms with Crippen LogP contribution in [0.1, 0.15) is 58.1 Å². The molecule has 1 aromatic heterocycles. The Morgan fingerprint density at radius 1 is 1.33 bits per heavy atom. The zero-order valence-electron chi connectivity index (χ0n) is 11.9. The number of ether oxygens (including phenoxy) is 1. The van der Waals surface area contributed by atoms with E-state index in [1.165, 1.54) is 19.3 Å². The molecule has 102 valence electrons. The molecule has 18 heavy (non-hydrogen) atoms. The highest BCUT2D eigenvalue weighted by Crippen LogP contribution is 2.16. The Morgan fingerprint density at radius 3 is 2.61 bits per heavy atom. The lowest BCUT2D eigenvalue weighted by Crippen LogP contribution is -2.12. The standard InChI is InChI=1S/C15H26N2O/c1-4-6-7-13(5-2)11-18-15-9-8-14(10-17-15)12(3)16/h8-10,12-13H,4-7,11,16H2,1-3H3/t12-,13?/m1/s1. The first kappa shape index (κ1) is 15.0. The van der Waals surface area contributed by atoms with Crippen molar-refractivity contribution in [3.05, 3.63) is 23.9 Å². The van der Waals surface area contributed by atoms with Gasteiger partial charge in [0.25, 0.3) is 0 Å². The Bertz CT molecular complexity index is 322. The van der Waals surface area contributed by atoms with Gasteiger partial charge in [0, 0.05) is 18.3 Å². The van der Waals surface area contributed by atoms with E-state index in [0.29, 0.717) is 11.8 Å². The molecule has 1 rings (SSSR count). The number of hydrogen-bond acceptors (Lipinski definition) is 3. The second-order valence-corrected chi connectivity index (χ2v) is 4.95. The van der Waals surface area contributed by atoms with Gasteiger partial charge >= 0.3 is 0 Å². The van der Waals surface area contributed by atoms with Crippen LogP contribution in [0.2, 0.25) is 0 Å². The molecule has 3 heteroatoms. The number of pyridine rings is 1. The van der Waals surface area contributed by atoms with Gasteiger partial charge in [-0.15, -0.1) is 0 Å². The summed E-state index contributed by atoms with van der Waals surface area (Å²) in [5.41, 5.74) is 6.82. The number of unbranched alkanes of at least 4 members (excludes halogenated alkanes) is 1. The average molecular weight is 250 g/mol. The second-order valence-electron chi connectivity index (χ2n) is 4.95. The third-order valence-electron chi connectivity index (χ3n) is 3.30. The van der Waals surface area contributed by atoms with Crippen LogP contribution in [0.4, 0.5) is 0 Å². The van der Waals surface area contributed by atoms with Crippen molar-refractivity contribution >= 4 is 0 Å². The maximum absolute atomic E-state index is 5.78. The topological polar surface area (TPSA) is 48.1 Å². The third kappa shape index (κ3) is 5.05. The van der Waals surface area contributed by atoms with Crippen molar-refractivity contribution in [3.63, 3.8) is 0 Å². The van der Waals surface area contributed by atoms with E-state index in [9.17, 15) is 0 Å². The number of hydrogen-bond donors (Lipinski definition) is 1. The fraction of sp³-hybridized carbons (Fsp3) is 0.667. The largest absolute Gasteiger partial charge is 0.477 e. The molecule has 0 amide bonds. The highest BCUT2D eigenvalue weighted by Gasteiger charge is 2.07. The van der Waals surface area contributed by atoms with E-state index >= 15 is 0 Å². The summed E-state index contributed by atoms with van der Waals surface area (Å²) < 4.78 is 5.74. The molecule has 0 fully saturated rings. The molecule has 0 spiro atoms. The number of nitrogens with zero attached hydrogens (tertiary/aromatic N) is 1. The van der Waals surface area contributed by atoms with E-state index in [1.54, 1.807) is 6.20 Å². The minimum absolute atomic E-state index is 0.0273. The first-order valence-electron chi connectivity index (χ1n) is 7.01. The van der Waals surface area contributed by atoms with Gasteiger partial charge < -0.3 is 10.5 Å². The molecule has 1 heterocycles. The van der Waals surface area contributed by atoms with Crippen LogP contribution < -0.4 is 10.5 Å². The van der Waals surface area contributed by atoms with E-state index in [1.807, 2.05) is 19.1 Å². The van der Waals surface area contributed by atoms with E-state index in [2.05, 4.69) is 18.8 Å². The molecule has 0 bridgehead atoms. The van der Waals surface area contributed by atoms with Crippen LogP contribution in [0.25, 0.3) is 0 Å². The van der Waals surface area contributed by atoms with Gasteiger partial charge in [0.15, 0.2) is 0 Å². The first-order chi connectivity index (χ1) is 8.67. The van der Waals surface area contributed by atoms with Crippen LogP contribution in [0.15, 0.2) is 18.3 Å². The summed E-state index contributed by atoms with van der Waals surface area (Å²) in [6.45, 7) is 7.16. The third-order valence-corrected chi connectivity index (χ3v) is 3.30. The molecule has 1 aromatic rings. The van der Waals surface area contributed by atoms with E-state index in [-0.39, 0.29) is 6.04 Å². The monoisotopic (exact) mass is 250 g/mol. The molecule has 1 unspecified atom stereocenters. The maximum atomic E-state index is 5.78. The predicted octanol–water partition coefficient (Wildman–Crippen LogP) is 3.70. The number of rotatable bonds is 8. The van der Waals surface area contributed by atoms with Crippen molar-refractivity contribution < 1.29 is 4.74 Å². The summed E-state index contributed by atoms with van der Waals surface area (Å²) in [6.07, 6.45) is 6.73. The van der Waals surface area contributed by atoms with Crippen LogP contribution in [0, 0.1) is 5.92 Å². The van der Waals surface area contributed by atoms with Gasteiger partial charge in [0.1, 0.15) is 0 Å². The van der Waals surface area contributed by atoms with Crippen molar-refractivity contribution in [2.24, 2.45) is 11.7 Å². The number of aromatic nitrogens is 1. The van der Waals surface area contributed by atoms with Crippen LogP contribution in [-0.4, -0.2) is 11.6 Å². The molecule has 0 saturated carbocycles. The molecular weight excluding hydrogens is 224 g/mol. The maximum Gasteiger partial charge on any atom is 0.213 e.